The summed E-state index contributed by atoms with van der Waals surface area (Å²) in [6.45, 7) is 1.86. The van der Waals surface area contributed by atoms with Crippen LogP contribution in [0.1, 0.15) is 16.1 Å². The van der Waals surface area contributed by atoms with Crippen LogP contribution in [-0.2, 0) is 4.74 Å². The summed E-state index contributed by atoms with van der Waals surface area (Å²) in [6.07, 6.45) is 0. The molecule has 0 aliphatic heterocycles. The highest BCUT2D eigenvalue weighted by Gasteiger charge is 2.08. The molecule has 4 nitrogen and oxygen atoms in total. The number of pyridine rings is 1. The Morgan fingerprint density at radius 1 is 1.38 bits per heavy atom. The van der Waals surface area contributed by atoms with E-state index in [1.165, 1.54) is 14.2 Å². The minimum Gasteiger partial charge on any atom is -0.481 e. The number of hydrogen-bond acceptors (Lipinski definition) is 4. The zero-order valence-corrected chi connectivity index (χ0v) is 7.83. The van der Waals surface area contributed by atoms with E-state index in [1.54, 1.807) is 12.1 Å². The number of carbonyl (C=O) groups is 1. The Morgan fingerprint density at radius 3 is 2.62 bits per heavy atom. The van der Waals surface area contributed by atoms with Crippen LogP contribution in [0.15, 0.2) is 12.1 Å². The van der Waals surface area contributed by atoms with Crippen molar-refractivity contribution in [2.24, 2.45) is 0 Å². The van der Waals surface area contributed by atoms with E-state index < -0.39 is 5.97 Å². The van der Waals surface area contributed by atoms with Crippen LogP contribution >= 0.6 is 0 Å². The van der Waals surface area contributed by atoms with Gasteiger partial charge in [0.1, 0.15) is 0 Å². The summed E-state index contributed by atoms with van der Waals surface area (Å²) in [5.74, 6) is -0.0394. The third-order valence-corrected chi connectivity index (χ3v) is 1.55. The van der Waals surface area contributed by atoms with Gasteiger partial charge < -0.3 is 9.47 Å². The number of methoxy groups -OCH3 is 2. The summed E-state index contributed by atoms with van der Waals surface area (Å²) in [4.78, 5) is 15.0. The maximum atomic E-state index is 11.1. The van der Waals surface area contributed by atoms with E-state index in [-0.39, 0.29) is 5.69 Å². The normalized spacial score (nSPS) is 9.46. The molecule has 0 saturated carbocycles. The summed E-state index contributed by atoms with van der Waals surface area (Å²) < 4.78 is 9.45. The van der Waals surface area contributed by atoms with E-state index in [2.05, 4.69) is 9.72 Å². The third kappa shape index (κ3) is 2.18. The van der Waals surface area contributed by atoms with E-state index in [9.17, 15) is 4.79 Å². The van der Waals surface area contributed by atoms with Gasteiger partial charge in [-0.3, -0.25) is 0 Å². The van der Waals surface area contributed by atoms with Crippen molar-refractivity contribution < 1.29 is 14.3 Å². The van der Waals surface area contributed by atoms with Crippen LogP contribution in [0, 0.1) is 6.92 Å². The number of hydrogen-bond donors (Lipinski definition) is 0. The lowest BCUT2D eigenvalue weighted by Crippen LogP contribution is -2.05. The molecule has 0 amide bonds. The molecule has 1 aromatic heterocycles. The molecule has 0 aliphatic carbocycles. The van der Waals surface area contributed by atoms with Crippen LogP contribution in [0.25, 0.3) is 0 Å². The lowest BCUT2D eigenvalue weighted by molar-refractivity contribution is 0.0593. The molecule has 4 heteroatoms. The van der Waals surface area contributed by atoms with Gasteiger partial charge in [-0.15, -0.1) is 0 Å². The highest BCUT2D eigenvalue weighted by molar-refractivity contribution is 5.87. The molecule has 70 valence electrons. The molecule has 0 spiro atoms. The van der Waals surface area contributed by atoms with Gasteiger partial charge in [-0.1, -0.05) is 0 Å². The van der Waals surface area contributed by atoms with Crippen LogP contribution in [0.3, 0.4) is 0 Å². The van der Waals surface area contributed by atoms with Gasteiger partial charge in [-0.05, 0) is 18.6 Å². The second-order valence-corrected chi connectivity index (χ2v) is 2.56. The summed E-state index contributed by atoms with van der Waals surface area (Å²) >= 11 is 0. The zero-order valence-electron chi connectivity index (χ0n) is 7.83. The van der Waals surface area contributed by atoms with Gasteiger partial charge in [-0.2, -0.15) is 0 Å². The van der Waals surface area contributed by atoms with Crippen molar-refractivity contribution in [1.82, 2.24) is 4.98 Å². The summed E-state index contributed by atoms with van der Waals surface area (Å²) in [5, 5.41) is 0. The molecule has 13 heavy (non-hydrogen) atoms. The number of nitrogens with zero attached hydrogens (tertiary/aromatic N) is 1. The van der Waals surface area contributed by atoms with Crippen molar-refractivity contribution in [1.29, 1.82) is 0 Å². The van der Waals surface area contributed by atoms with Crippen LogP contribution in [0.4, 0.5) is 0 Å². The summed E-state index contributed by atoms with van der Waals surface area (Å²) in [5.41, 5.74) is 1.17. The van der Waals surface area contributed by atoms with Gasteiger partial charge >= 0.3 is 5.97 Å². The van der Waals surface area contributed by atoms with Crippen molar-refractivity contribution >= 4 is 5.97 Å². The SMILES string of the molecule is COC(=O)c1cc(C)cc(OC)n1. The molecular formula is C9H11NO3. The number of ether oxygens (including phenoxy) is 2. The molecule has 0 atom stereocenters. The number of carbonyl (C=O) groups excluding carboxylic acids is 1. The Bertz CT molecular complexity index is 323. The average Bonchev–Trinajstić information content (AvgIpc) is 2.15. The Hall–Kier alpha value is -1.58. The molecule has 0 radical (unpaired) electrons. The Kier molecular flexibility index (Phi) is 2.84. The first-order chi connectivity index (χ1) is 6.17. The van der Waals surface area contributed by atoms with Crippen molar-refractivity contribution in [2.45, 2.75) is 6.92 Å². The summed E-state index contributed by atoms with van der Waals surface area (Å²) in [6, 6.07) is 3.39. The maximum absolute atomic E-state index is 11.1. The zero-order chi connectivity index (χ0) is 9.84. The van der Waals surface area contributed by atoms with Gasteiger partial charge in [0, 0.05) is 6.07 Å². The molecule has 0 fully saturated rings. The fraction of sp³-hybridized carbons (Fsp3) is 0.333. The topological polar surface area (TPSA) is 48.4 Å². The first-order valence-corrected chi connectivity index (χ1v) is 3.78. The van der Waals surface area contributed by atoms with Crippen LogP contribution in [-0.4, -0.2) is 25.2 Å². The largest absolute Gasteiger partial charge is 0.481 e. The Balaban J connectivity index is 3.08. The number of esters is 1. The molecule has 1 aromatic rings. The highest BCUT2D eigenvalue weighted by atomic mass is 16.5. The lowest BCUT2D eigenvalue weighted by atomic mass is 10.2. The van der Waals surface area contributed by atoms with Gasteiger partial charge in [0.15, 0.2) is 5.69 Å². The van der Waals surface area contributed by atoms with Crippen LogP contribution < -0.4 is 4.74 Å². The fourth-order valence-corrected chi connectivity index (χ4v) is 0.949. The molecule has 0 aromatic carbocycles. The minimum absolute atomic E-state index is 0.263. The van der Waals surface area contributed by atoms with Gasteiger partial charge in [0.25, 0.3) is 0 Å². The molecule has 0 unspecified atom stereocenters. The predicted molar refractivity (Wildman–Crippen MR) is 46.9 cm³/mol. The number of aromatic nitrogens is 1. The van der Waals surface area contributed by atoms with E-state index in [0.29, 0.717) is 5.88 Å². The van der Waals surface area contributed by atoms with Crippen molar-refractivity contribution in [2.75, 3.05) is 14.2 Å². The predicted octanol–water partition coefficient (Wildman–Crippen LogP) is 1.19. The molecule has 1 rings (SSSR count). The standard InChI is InChI=1S/C9H11NO3/c1-6-4-7(9(11)13-3)10-8(5-6)12-2/h4-5H,1-3H3. The van der Waals surface area contributed by atoms with E-state index in [4.69, 9.17) is 4.74 Å². The van der Waals surface area contributed by atoms with Crippen LogP contribution in [0.2, 0.25) is 0 Å². The van der Waals surface area contributed by atoms with Crippen molar-refractivity contribution in [3.05, 3.63) is 23.4 Å². The lowest BCUT2D eigenvalue weighted by Gasteiger charge is -2.03. The van der Waals surface area contributed by atoms with Gasteiger partial charge in [0.05, 0.1) is 14.2 Å². The first-order valence-electron chi connectivity index (χ1n) is 3.78. The smallest absolute Gasteiger partial charge is 0.356 e. The number of rotatable bonds is 2. The Labute approximate surface area is 76.5 Å². The second-order valence-electron chi connectivity index (χ2n) is 2.56. The van der Waals surface area contributed by atoms with E-state index >= 15 is 0 Å². The van der Waals surface area contributed by atoms with Crippen molar-refractivity contribution in [3.63, 3.8) is 0 Å². The quantitative estimate of drug-likeness (QED) is 0.643. The molecule has 0 saturated heterocycles. The monoisotopic (exact) mass is 181 g/mol. The van der Waals surface area contributed by atoms with Crippen LogP contribution in [0.5, 0.6) is 5.88 Å². The molecule has 0 bridgehead atoms. The van der Waals surface area contributed by atoms with Crippen molar-refractivity contribution in [3.8, 4) is 5.88 Å². The first kappa shape index (κ1) is 9.51. The third-order valence-electron chi connectivity index (χ3n) is 1.55. The highest BCUT2D eigenvalue weighted by Crippen LogP contribution is 2.11. The Morgan fingerprint density at radius 2 is 2.08 bits per heavy atom. The molecule has 1 heterocycles. The molecule has 0 aliphatic rings. The van der Waals surface area contributed by atoms with Gasteiger partial charge in [0.2, 0.25) is 5.88 Å². The number of aryl methyl sites for hydroxylation is 1. The summed E-state index contributed by atoms with van der Waals surface area (Å²) in [7, 11) is 2.82. The van der Waals surface area contributed by atoms with Gasteiger partial charge in [-0.25, -0.2) is 9.78 Å². The molecule has 0 N–H and O–H groups in total. The molecular weight excluding hydrogens is 170 g/mol. The fourth-order valence-electron chi connectivity index (χ4n) is 0.949. The maximum Gasteiger partial charge on any atom is 0.356 e. The van der Waals surface area contributed by atoms with E-state index in [0.717, 1.165) is 5.56 Å². The average molecular weight is 181 g/mol. The second kappa shape index (κ2) is 3.89. The minimum atomic E-state index is -0.456. The van der Waals surface area contributed by atoms with E-state index in [1.807, 2.05) is 6.92 Å².